The maximum absolute atomic E-state index is 11.5. The molecule has 0 saturated carbocycles. The molecule has 0 spiro atoms. The summed E-state index contributed by atoms with van der Waals surface area (Å²) >= 11 is 0. The van der Waals surface area contributed by atoms with Gasteiger partial charge >= 0.3 is 0 Å². The van der Waals surface area contributed by atoms with Crippen molar-refractivity contribution in [2.45, 2.75) is 59.3 Å². The molecule has 0 N–H and O–H groups in total. The van der Waals surface area contributed by atoms with E-state index in [-0.39, 0.29) is 12.5 Å². The van der Waals surface area contributed by atoms with Gasteiger partial charge in [0.15, 0.2) is 0 Å². The second kappa shape index (κ2) is 9.51. The van der Waals surface area contributed by atoms with Gasteiger partial charge in [0.2, 0.25) is 0 Å². The van der Waals surface area contributed by atoms with Gasteiger partial charge in [0.25, 0.3) is 5.65 Å². The molecule has 0 atom stereocenters. The number of nitrogens with zero attached hydrogens (tertiary/aromatic N) is 1. The Bertz CT molecular complexity index is 295. The van der Waals surface area contributed by atoms with Crippen molar-refractivity contribution < 1.29 is 19.1 Å². The monoisotopic (exact) mass is 291 g/mol. The van der Waals surface area contributed by atoms with Crippen molar-refractivity contribution in [3.63, 3.8) is 0 Å². The highest BCUT2D eigenvalue weighted by atomic mass is 31.2. The van der Waals surface area contributed by atoms with Gasteiger partial charge in [-0.05, 0) is 25.7 Å². The first-order valence-electron chi connectivity index (χ1n) is 7.18. The van der Waals surface area contributed by atoms with Crippen LogP contribution in [0.4, 0.5) is 4.79 Å². The molecule has 0 aromatic rings. The Kier molecular flexibility index (Phi) is 9.32. The van der Waals surface area contributed by atoms with E-state index in [4.69, 9.17) is 0 Å². The normalized spacial score (nSPS) is 11.9. The first kappa shape index (κ1) is 18.6. The summed E-state index contributed by atoms with van der Waals surface area (Å²) in [7, 11) is -5.15. The van der Waals surface area contributed by atoms with E-state index in [0.29, 0.717) is 6.54 Å². The Labute approximate surface area is 116 Å². The zero-order chi connectivity index (χ0) is 14.9. The first-order valence-corrected chi connectivity index (χ1v) is 8.72. The molecule has 0 fully saturated rings. The smallest absolute Gasteiger partial charge is 0.251 e. The van der Waals surface area contributed by atoms with E-state index in [2.05, 4.69) is 13.8 Å². The van der Waals surface area contributed by atoms with Gasteiger partial charge in [-0.25, -0.2) is 0 Å². The fraction of sp³-hybridized carbons (Fsp3) is 0.923. The largest absolute Gasteiger partial charge is 0.804 e. The van der Waals surface area contributed by atoms with E-state index in [1.165, 1.54) is 4.90 Å². The van der Waals surface area contributed by atoms with E-state index < -0.39 is 13.2 Å². The number of carbonyl (C=O) groups is 1. The van der Waals surface area contributed by atoms with E-state index in [9.17, 15) is 19.1 Å². The fourth-order valence-corrected chi connectivity index (χ4v) is 2.71. The highest BCUT2D eigenvalue weighted by molar-refractivity contribution is 7.67. The van der Waals surface area contributed by atoms with Crippen LogP contribution >= 0.6 is 7.60 Å². The summed E-state index contributed by atoms with van der Waals surface area (Å²) in [6.07, 6.45) is 6.22. The van der Waals surface area contributed by atoms with Gasteiger partial charge in [-0.3, -0.25) is 4.79 Å². The third kappa shape index (κ3) is 7.71. The van der Waals surface area contributed by atoms with Crippen LogP contribution in [0, 0.1) is 5.92 Å². The summed E-state index contributed by atoms with van der Waals surface area (Å²) < 4.78 is 10.8. The third-order valence-electron chi connectivity index (χ3n) is 3.30. The minimum absolute atomic E-state index is 0.266. The number of hydrogen-bond acceptors (Lipinski definition) is 4. The molecule has 5 nitrogen and oxygen atoms in total. The quantitative estimate of drug-likeness (QED) is 0.578. The second-order valence-corrected chi connectivity index (χ2v) is 6.35. The zero-order valence-corrected chi connectivity index (χ0v) is 13.2. The van der Waals surface area contributed by atoms with Crippen molar-refractivity contribution in [1.82, 2.24) is 4.90 Å². The van der Waals surface area contributed by atoms with Gasteiger partial charge in [-0.15, -0.1) is 0 Å². The average molecular weight is 291 g/mol. The SMILES string of the molecule is CCCCC(CCCC)CN(CC)C(=O)P(=O)([O-])[O-]. The van der Waals surface area contributed by atoms with Crippen molar-refractivity contribution in [3.05, 3.63) is 0 Å². The molecule has 0 radical (unpaired) electrons. The summed E-state index contributed by atoms with van der Waals surface area (Å²) in [5.74, 6) is 0.287. The molecule has 114 valence electrons. The molecular weight excluding hydrogens is 265 g/mol. The Hall–Kier alpha value is -0.380. The van der Waals surface area contributed by atoms with Crippen LogP contribution in [0.1, 0.15) is 59.3 Å². The van der Waals surface area contributed by atoms with E-state index in [1.807, 2.05) is 0 Å². The first-order chi connectivity index (χ1) is 8.86. The predicted octanol–water partition coefficient (Wildman–Crippen LogP) is 2.34. The lowest BCUT2D eigenvalue weighted by Crippen LogP contribution is -2.39. The van der Waals surface area contributed by atoms with Crippen LogP contribution in [-0.4, -0.2) is 23.6 Å². The zero-order valence-electron chi connectivity index (χ0n) is 12.3. The van der Waals surface area contributed by atoms with E-state index in [1.54, 1.807) is 6.92 Å². The number of hydrogen-bond donors (Lipinski definition) is 0. The summed E-state index contributed by atoms with van der Waals surface area (Å²) in [5.41, 5.74) is -1.26. The molecule has 0 saturated heterocycles. The van der Waals surface area contributed by atoms with Gasteiger partial charge in [0.05, 0.1) is 0 Å². The van der Waals surface area contributed by atoms with Gasteiger partial charge in [0.1, 0.15) is 0 Å². The highest BCUT2D eigenvalue weighted by Gasteiger charge is 2.19. The molecule has 0 rings (SSSR count). The number of unbranched alkanes of at least 4 members (excludes halogenated alkanes) is 2. The number of carbonyl (C=O) groups excluding carboxylic acids is 1. The minimum atomic E-state index is -5.15. The Balaban J connectivity index is 4.57. The van der Waals surface area contributed by atoms with Crippen LogP contribution in [0.2, 0.25) is 0 Å². The third-order valence-corrected chi connectivity index (χ3v) is 4.05. The van der Waals surface area contributed by atoms with Crippen molar-refractivity contribution >= 4 is 13.2 Å². The molecule has 0 heterocycles. The lowest BCUT2D eigenvalue weighted by atomic mass is 9.95. The Morgan fingerprint density at radius 2 is 1.58 bits per heavy atom. The van der Waals surface area contributed by atoms with Crippen LogP contribution < -0.4 is 9.79 Å². The summed E-state index contributed by atoms with van der Waals surface area (Å²) in [6, 6.07) is 0. The lowest BCUT2D eigenvalue weighted by molar-refractivity contribution is -0.308. The van der Waals surface area contributed by atoms with Gasteiger partial charge in [-0.1, -0.05) is 39.5 Å². The molecular formula is C13H26NO4P-2. The Morgan fingerprint density at radius 1 is 1.11 bits per heavy atom. The van der Waals surface area contributed by atoms with Crippen molar-refractivity contribution in [2.75, 3.05) is 13.1 Å². The van der Waals surface area contributed by atoms with Gasteiger partial charge in [0, 0.05) is 20.7 Å². The van der Waals surface area contributed by atoms with E-state index >= 15 is 0 Å². The second-order valence-electron chi connectivity index (χ2n) is 4.97. The fourth-order valence-electron chi connectivity index (χ4n) is 2.14. The molecule has 0 aliphatic heterocycles. The molecule has 19 heavy (non-hydrogen) atoms. The van der Waals surface area contributed by atoms with Crippen LogP contribution in [0.3, 0.4) is 0 Å². The molecule has 0 aromatic heterocycles. The number of rotatable bonds is 10. The van der Waals surface area contributed by atoms with Crippen LogP contribution in [-0.2, 0) is 4.57 Å². The molecule has 0 aliphatic carbocycles. The van der Waals surface area contributed by atoms with Crippen molar-refractivity contribution in [3.8, 4) is 0 Å². The topological polar surface area (TPSA) is 83.5 Å². The Morgan fingerprint density at radius 3 is 1.89 bits per heavy atom. The van der Waals surface area contributed by atoms with Crippen molar-refractivity contribution in [2.24, 2.45) is 5.92 Å². The maximum Gasteiger partial charge on any atom is 0.251 e. The summed E-state index contributed by atoms with van der Waals surface area (Å²) in [5, 5.41) is 0. The van der Waals surface area contributed by atoms with Crippen LogP contribution in [0.25, 0.3) is 0 Å². The summed E-state index contributed by atoms with van der Waals surface area (Å²) in [4.78, 5) is 34.3. The van der Waals surface area contributed by atoms with Gasteiger partial charge in [-0.2, -0.15) is 0 Å². The maximum atomic E-state index is 11.5. The lowest BCUT2D eigenvalue weighted by Gasteiger charge is -2.35. The molecule has 0 bridgehead atoms. The van der Waals surface area contributed by atoms with Crippen LogP contribution in [0.15, 0.2) is 0 Å². The van der Waals surface area contributed by atoms with E-state index in [0.717, 1.165) is 38.5 Å². The van der Waals surface area contributed by atoms with Gasteiger partial charge < -0.3 is 19.3 Å². The number of amides is 1. The predicted molar refractivity (Wildman–Crippen MR) is 72.8 cm³/mol. The molecule has 1 amide bonds. The summed E-state index contributed by atoms with van der Waals surface area (Å²) in [6.45, 7) is 6.54. The molecule has 0 aromatic carbocycles. The standard InChI is InChI=1S/C13H28NO4P/c1-4-7-9-12(10-8-5-2)11-14(6-3)13(15)19(16,17)18/h12H,4-11H2,1-3H3,(H2,16,17,18)/p-2. The van der Waals surface area contributed by atoms with Crippen LogP contribution in [0.5, 0.6) is 0 Å². The molecule has 0 aliphatic rings. The van der Waals surface area contributed by atoms with Crippen molar-refractivity contribution in [1.29, 1.82) is 0 Å². The molecule has 6 heteroatoms. The highest BCUT2D eigenvalue weighted by Crippen LogP contribution is 2.29. The molecule has 0 unspecified atom stereocenters. The average Bonchev–Trinajstić information content (AvgIpc) is 2.36. The minimum Gasteiger partial charge on any atom is -0.804 e.